The monoisotopic (exact) mass is 451 g/mol. The van der Waals surface area contributed by atoms with Crippen LogP contribution in [0.25, 0.3) is 0 Å². The van der Waals surface area contributed by atoms with E-state index < -0.39 is 0 Å². The Balaban J connectivity index is 1.26. The number of piperidine rings is 1. The molecule has 2 aromatic rings. The number of piperazine rings is 1. The summed E-state index contributed by atoms with van der Waals surface area (Å²) in [4.78, 5) is 24.8. The average molecular weight is 452 g/mol. The third-order valence-corrected chi connectivity index (χ3v) is 6.78. The van der Waals surface area contributed by atoms with Gasteiger partial charge in [0.1, 0.15) is 11.6 Å². The van der Waals surface area contributed by atoms with E-state index in [4.69, 9.17) is 4.74 Å². The van der Waals surface area contributed by atoms with E-state index in [0.717, 1.165) is 69.5 Å². The molecule has 7 nitrogen and oxygen atoms in total. The van der Waals surface area contributed by atoms with Gasteiger partial charge in [-0.15, -0.1) is 0 Å². The fraction of sp³-hybridized carbons (Fsp3) is 0.538. The van der Waals surface area contributed by atoms with Crippen molar-refractivity contribution in [1.29, 1.82) is 0 Å². The van der Waals surface area contributed by atoms with Gasteiger partial charge in [-0.1, -0.05) is 18.2 Å². The Morgan fingerprint density at radius 2 is 1.91 bits per heavy atom. The predicted molar refractivity (Wildman–Crippen MR) is 133 cm³/mol. The van der Waals surface area contributed by atoms with E-state index in [1.807, 2.05) is 50.4 Å². The number of aromatic nitrogens is 1. The minimum atomic E-state index is -0.163. The van der Waals surface area contributed by atoms with Crippen LogP contribution in [0.15, 0.2) is 48.7 Å². The Morgan fingerprint density at radius 1 is 1.12 bits per heavy atom. The highest BCUT2D eigenvalue weighted by molar-refractivity contribution is 5.95. The second kappa shape index (κ2) is 11.5. The fourth-order valence-corrected chi connectivity index (χ4v) is 4.92. The molecule has 1 N–H and O–H groups in total. The number of pyridine rings is 1. The van der Waals surface area contributed by atoms with Crippen molar-refractivity contribution < 1.29 is 9.53 Å². The quantitative estimate of drug-likeness (QED) is 0.664. The molecule has 178 valence electrons. The van der Waals surface area contributed by atoms with Gasteiger partial charge in [0.15, 0.2) is 0 Å². The Hall–Kier alpha value is -2.64. The number of benzene rings is 1. The molecule has 2 unspecified atom stereocenters. The number of nitrogens with zero attached hydrogens (tertiary/aromatic N) is 4. The van der Waals surface area contributed by atoms with Crippen LogP contribution in [0.4, 0.5) is 11.5 Å². The maximum absolute atomic E-state index is 13.0. The number of anilines is 2. The fourth-order valence-electron chi connectivity index (χ4n) is 4.92. The molecule has 7 heteroatoms. The highest BCUT2D eigenvalue weighted by Crippen LogP contribution is 2.25. The summed E-state index contributed by atoms with van der Waals surface area (Å²) in [5.74, 6) is 2.44. The molecule has 3 heterocycles. The summed E-state index contributed by atoms with van der Waals surface area (Å²) in [6, 6.07) is 13.6. The second-order valence-corrected chi connectivity index (χ2v) is 9.07. The zero-order chi connectivity index (χ0) is 23.0. The number of rotatable bonds is 8. The van der Waals surface area contributed by atoms with E-state index in [1.54, 1.807) is 0 Å². The van der Waals surface area contributed by atoms with E-state index in [9.17, 15) is 4.79 Å². The van der Waals surface area contributed by atoms with Crippen molar-refractivity contribution in [3.63, 3.8) is 0 Å². The Bertz CT molecular complexity index is 885. The number of amides is 1. The van der Waals surface area contributed by atoms with Crippen LogP contribution in [0.3, 0.4) is 0 Å². The molecule has 0 radical (unpaired) electrons. The molecule has 33 heavy (non-hydrogen) atoms. The van der Waals surface area contributed by atoms with Crippen LogP contribution in [0.5, 0.6) is 5.75 Å². The maximum atomic E-state index is 13.0. The van der Waals surface area contributed by atoms with Gasteiger partial charge in [-0.2, -0.15) is 0 Å². The summed E-state index contributed by atoms with van der Waals surface area (Å²) in [7, 11) is 0. The van der Waals surface area contributed by atoms with Crippen molar-refractivity contribution in [2.45, 2.75) is 32.7 Å². The summed E-state index contributed by atoms with van der Waals surface area (Å²) >= 11 is 0. The first kappa shape index (κ1) is 23.5. The van der Waals surface area contributed by atoms with E-state index in [2.05, 4.69) is 37.1 Å². The molecule has 2 aliphatic heterocycles. The van der Waals surface area contributed by atoms with Gasteiger partial charge in [-0.25, -0.2) is 4.98 Å². The van der Waals surface area contributed by atoms with E-state index in [-0.39, 0.29) is 11.9 Å². The van der Waals surface area contributed by atoms with Crippen molar-refractivity contribution >= 4 is 17.4 Å². The molecule has 0 aliphatic carbocycles. The van der Waals surface area contributed by atoms with Gasteiger partial charge in [-0.05, 0) is 63.4 Å². The highest BCUT2D eigenvalue weighted by atomic mass is 16.5. The van der Waals surface area contributed by atoms with Crippen LogP contribution < -0.4 is 15.0 Å². The van der Waals surface area contributed by atoms with E-state index in [1.165, 1.54) is 6.42 Å². The van der Waals surface area contributed by atoms with Crippen molar-refractivity contribution in [2.75, 3.05) is 62.6 Å². The molecule has 4 rings (SSSR count). The summed E-state index contributed by atoms with van der Waals surface area (Å²) in [6.45, 7) is 11.8. The highest BCUT2D eigenvalue weighted by Gasteiger charge is 2.29. The first-order chi connectivity index (χ1) is 16.1. The van der Waals surface area contributed by atoms with Crippen molar-refractivity contribution in [2.24, 2.45) is 5.92 Å². The van der Waals surface area contributed by atoms with Gasteiger partial charge in [0, 0.05) is 45.5 Å². The van der Waals surface area contributed by atoms with Gasteiger partial charge >= 0.3 is 0 Å². The van der Waals surface area contributed by atoms with Crippen LogP contribution in [0.2, 0.25) is 0 Å². The normalized spacial score (nSPS) is 20.9. The lowest BCUT2D eigenvalue weighted by Crippen LogP contribution is -2.52. The van der Waals surface area contributed by atoms with Gasteiger partial charge in [-0.3, -0.25) is 14.6 Å². The van der Waals surface area contributed by atoms with Crippen LogP contribution in [-0.2, 0) is 4.79 Å². The first-order valence-electron chi connectivity index (χ1n) is 12.3. The molecule has 2 fully saturated rings. The molecule has 1 amide bonds. The van der Waals surface area contributed by atoms with Gasteiger partial charge in [0.2, 0.25) is 5.91 Å². The summed E-state index contributed by atoms with van der Waals surface area (Å²) in [6.07, 6.45) is 4.25. The standard InChI is InChI=1S/C26H37N5O2/c1-3-33-24-11-5-4-10-23(24)28-26(32)21(2)31-14-8-9-22(20-31)19-29-15-17-30(18-16-29)25-12-6-7-13-27-25/h4-7,10-13,21-22H,3,8-9,14-20H2,1-2H3,(H,28,32). The smallest absolute Gasteiger partial charge is 0.241 e. The zero-order valence-corrected chi connectivity index (χ0v) is 19.9. The number of hydrogen-bond acceptors (Lipinski definition) is 6. The maximum Gasteiger partial charge on any atom is 0.241 e. The molecule has 0 spiro atoms. The molecule has 2 atom stereocenters. The lowest BCUT2D eigenvalue weighted by atomic mass is 9.95. The number of ether oxygens (including phenoxy) is 1. The summed E-state index contributed by atoms with van der Waals surface area (Å²) in [5.41, 5.74) is 0.746. The summed E-state index contributed by atoms with van der Waals surface area (Å²) in [5, 5.41) is 3.08. The van der Waals surface area contributed by atoms with Crippen molar-refractivity contribution in [3.05, 3.63) is 48.7 Å². The number of para-hydroxylation sites is 2. The second-order valence-electron chi connectivity index (χ2n) is 9.07. The van der Waals surface area contributed by atoms with Crippen molar-refractivity contribution in [3.8, 4) is 5.75 Å². The average Bonchev–Trinajstić information content (AvgIpc) is 2.86. The summed E-state index contributed by atoms with van der Waals surface area (Å²) < 4.78 is 5.66. The topological polar surface area (TPSA) is 60.9 Å². The molecular formula is C26H37N5O2. The molecule has 0 saturated carbocycles. The number of carbonyl (C=O) groups excluding carboxylic acids is 1. The van der Waals surface area contributed by atoms with Crippen LogP contribution in [-0.4, -0.2) is 79.2 Å². The Labute approximate surface area is 197 Å². The van der Waals surface area contributed by atoms with Gasteiger partial charge in [0.05, 0.1) is 18.3 Å². The van der Waals surface area contributed by atoms with E-state index >= 15 is 0 Å². The van der Waals surface area contributed by atoms with Crippen LogP contribution in [0.1, 0.15) is 26.7 Å². The molecule has 2 aliphatic rings. The molecule has 1 aromatic heterocycles. The van der Waals surface area contributed by atoms with Crippen molar-refractivity contribution in [1.82, 2.24) is 14.8 Å². The number of likely N-dealkylation sites (tertiary alicyclic amines) is 1. The predicted octanol–water partition coefficient (Wildman–Crippen LogP) is 3.34. The number of hydrogen-bond donors (Lipinski definition) is 1. The number of nitrogens with one attached hydrogen (secondary N) is 1. The van der Waals surface area contributed by atoms with Gasteiger partial charge in [0.25, 0.3) is 0 Å². The molecule has 1 aromatic carbocycles. The largest absolute Gasteiger partial charge is 0.492 e. The number of carbonyl (C=O) groups is 1. The lowest BCUT2D eigenvalue weighted by Gasteiger charge is -2.40. The Kier molecular flexibility index (Phi) is 8.18. The Morgan fingerprint density at radius 3 is 2.67 bits per heavy atom. The third kappa shape index (κ3) is 6.24. The van der Waals surface area contributed by atoms with Crippen LogP contribution in [0, 0.1) is 5.92 Å². The minimum absolute atomic E-state index is 0.0341. The van der Waals surface area contributed by atoms with E-state index in [0.29, 0.717) is 12.5 Å². The van der Waals surface area contributed by atoms with Gasteiger partial charge < -0.3 is 15.0 Å². The third-order valence-electron chi connectivity index (χ3n) is 6.78. The zero-order valence-electron chi connectivity index (χ0n) is 19.9. The molecular weight excluding hydrogens is 414 g/mol. The molecule has 2 saturated heterocycles. The molecule has 0 bridgehead atoms. The first-order valence-corrected chi connectivity index (χ1v) is 12.3. The minimum Gasteiger partial charge on any atom is -0.492 e. The SMILES string of the molecule is CCOc1ccccc1NC(=O)C(C)N1CCCC(CN2CCN(c3ccccn3)CC2)C1. The lowest BCUT2D eigenvalue weighted by molar-refractivity contribution is -0.121. The van der Waals surface area contributed by atoms with Crippen LogP contribution >= 0.6 is 0 Å².